The standard InChI is InChI=1S/C16H12FN3O2/c17-13-9-5-4-8-12(13)15-19-14(22-20-15)10-18-16(21)11-6-2-1-3-7-11/h1-9H,10H2,(H,18,21). The Morgan fingerprint density at radius 3 is 2.59 bits per heavy atom. The molecule has 0 aliphatic rings. The highest BCUT2D eigenvalue weighted by molar-refractivity contribution is 5.93. The first kappa shape index (κ1) is 13.9. The highest BCUT2D eigenvalue weighted by atomic mass is 19.1. The lowest BCUT2D eigenvalue weighted by Crippen LogP contribution is -2.22. The van der Waals surface area contributed by atoms with Crippen LogP contribution in [0, 0.1) is 5.82 Å². The molecule has 5 nitrogen and oxygen atoms in total. The summed E-state index contributed by atoms with van der Waals surface area (Å²) in [5.74, 6) is -0.306. The van der Waals surface area contributed by atoms with Crippen molar-refractivity contribution in [3.8, 4) is 11.4 Å². The van der Waals surface area contributed by atoms with E-state index in [1.165, 1.54) is 6.07 Å². The molecule has 0 aliphatic carbocycles. The zero-order chi connectivity index (χ0) is 15.4. The predicted octanol–water partition coefficient (Wildman–Crippen LogP) is 2.81. The fourth-order valence-electron chi connectivity index (χ4n) is 1.93. The molecule has 1 N–H and O–H groups in total. The number of nitrogens with one attached hydrogen (secondary N) is 1. The Kier molecular flexibility index (Phi) is 3.91. The molecule has 3 aromatic rings. The molecule has 0 aliphatic heterocycles. The molecule has 3 rings (SSSR count). The minimum atomic E-state index is -0.428. The molecule has 0 saturated heterocycles. The highest BCUT2D eigenvalue weighted by Crippen LogP contribution is 2.19. The van der Waals surface area contributed by atoms with E-state index in [1.807, 2.05) is 6.07 Å². The van der Waals surface area contributed by atoms with Crippen molar-refractivity contribution < 1.29 is 13.7 Å². The number of carbonyl (C=O) groups excluding carboxylic acids is 1. The van der Waals surface area contributed by atoms with Gasteiger partial charge in [-0.25, -0.2) is 4.39 Å². The molecular formula is C16H12FN3O2. The van der Waals surface area contributed by atoms with Gasteiger partial charge in [0.1, 0.15) is 5.82 Å². The van der Waals surface area contributed by atoms with Crippen LogP contribution >= 0.6 is 0 Å². The molecule has 2 aromatic carbocycles. The summed E-state index contributed by atoms with van der Waals surface area (Å²) < 4.78 is 18.6. The summed E-state index contributed by atoms with van der Waals surface area (Å²) in [6.45, 7) is 0.0786. The number of amides is 1. The minimum absolute atomic E-state index is 0.0786. The molecule has 1 amide bonds. The normalized spacial score (nSPS) is 10.4. The number of benzene rings is 2. The van der Waals surface area contributed by atoms with Crippen LogP contribution in [-0.4, -0.2) is 16.0 Å². The maximum Gasteiger partial charge on any atom is 0.251 e. The fourth-order valence-corrected chi connectivity index (χ4v) is 1.93. The van der Waals surface area contributed by atoms with Crippen LogP contribution in [0.25, 0.3) is 11.4 Å². The van der Waals surface area contributed by atoms with E-state index in [0.29, 0.717) is 5.56 Å². The number of aromatic nitrogens is 2. The zero-order valence-electron chi connectivity index (χ0n) is 11.5. The molecule has 0 radical (unpaired) electrons. The van der Waals surface area contributed by atoms with E-state index in [1.54, 1.807) is 42.5 Å². The second-order valence-electron chi connectivity index (χ2n) is 4.54. The van der Waals surface area contributed by atoms with E-state index < -0.39 is 5.82 Å². The monoisotopic (exact) mass is 297 g/mol. The molecular weight excluding hydrogens is 285 g/mol. The van der Waals surface area contributed by atoms with Crippen molar-refractivity contribution in [2.45, 2.75) is 6.54 Å². The third-order valence-corrected chi connectivity index (χ3v) is 3.02. The molecule has 0 spiro atoms. The van der Waals surface area contributed by atoms with E-state index in [9.17, 15) is 9.18 Å². The number of nitrogens with zero attached hydrogens (tertiary/aromatic N) is 2. The first-order valence-electron chi connectivity index (χ1n) is 6.65. The predicted molar refractivity (Wildman–Crippen MR) is 77.3 cm³/mol. The molecule has 0 atom stereocenters. The lowest BCUT2D eigenvalue weighted by atomic mass is 10.2. The fraction of sp³-hybridized carbons (Fsp3) is 0.0625. The molecule has 1 heterocycles. The van der Waals surface area contributed by atoms with Crippen LogP contribution < -0.4 is 5.32 Å². The van der Waals surface area contributed by atoms with Crippen LogP contribution in [-0.2, 0) is 6.54 Å². The van der Waals surface area contributed by atoms with Gasteiger partial charge in [0.15, 0.2) is 0 Å². The lowest BCUT2D eigenvalue weighted by molar-refractivity contribution is 0.0946. The van der Waals surface area contributed by atoms with Crippen LogP contribution in [0.3, 0.4) is 0 Å². The van der Waals surface area contributed by atoms with E-state index in [-0.39, 0.29) is 29.7 Å². The summed E-state index contributed by atoms with van der Waals surface area (Å²) in [5.41, 5.74) is 0.795. The summed E-state index contributed by atoms with van der Waals surface area (Å²) in [4.78, 5) is 16.0. The number of hydrogen-bond acceptors (Lipinski definition) is 4. The lowest BCUT2D eigenvalue weighted by Gasteiger charge is -2.01. The van der Waals surface area contributed by atoms with Crippen molar-refractivity contribution in [3.05, 3.63) is 71.9 Å². The van der Waals surface area contributed by atoms with Gasteiger partial charge in [0.05, 0.1) is 12.1 Å². The van der Waals surface area contributed by atoms with Gasteiger partial charge >= 0.3 is 0 Å². The van der Waals surface area contributed by atoms with Gasteiger partial charge in [-0.2, -0.15) is 4.98 Å². The van der Waals surface area contributed by atoms with Crippen molar-refractivity contribution >= 4 is 5.91 Å². The van der Waals surface area contributed by atoms with Gasteiger partial charge in [0.25, 0.3) is 5.91 Å². The summed E-state index contributed by atoms with van der Waals surface area (Å²) in [5, 5.41) is 6.39. The largest absolute Gasteiger partial charge is 0.343 e. The van der Waals surface area contributed by atoms with Gasteiger partial charge in [-0.15, -0.1) is 0 Å². The van der Waals surface area contributed by atoms with Crippen LogP contribution in [0.4, 0.5) is 4.39 Å². The zero-order valence-corrected chi connectivity index (χ0v) is 11.5. The molecule has 6 heteroatoms. The second kappa shape index (κ2) is 6.17. The minimum Gasteiger partial charge on any atom is -0.343 e. The molecule has 110 valence electrons. The van der Waals surface area contributed by atoms with E-state index in [0.717, 1.165) is 0 Å². The molecule has 0 bridgehead atoms. The number of rotatable bonds is 4. The smallest absolute Gasteiger partial charge is 0.251 e. The Hall–Kier alpha value is -3.02. The van der Waals surface area contributed by atoms with Gasteiger partial charge in [-0.1, -0.05) is 35.5 Å². The Labute approximate surface area is 125 Å². The maximum atomic E-state index is 13.6. The van der Waals surface area contributed by atoms with Gasteiger partial charge in [0, 0.05) is 5.56 Å². The van der Waals surface area contributed by atoms with Crippen molar-refractivity contribution in [1.82, 2.24) is 15.5 Å². The van der Waals surface area contributed by atoms with Crippen molar-refractivity contribution in [1.29, 1.82) is 0 Å². The van der Waals surface area contributed by atoms with Crippen molar-refractivity contribution in [3.63, 3.8) is 0 Å². The van der Waals surface area contributed by atoms with Crippen LogP contribution in [0.2, 0.25) is 0 Å². The summed E-state index contributed by atoms with van der Waals surface area (Å²) in [6.07, 6.45) is 0. The second-order valence-corrected chi connectivity index (χ2v) is 4.54. The van der Waals surface area contributed by atoms with E-state index in [2.05, 4.69) is 15.5 Å². The third-order valence-electron chi connectivity index (χ3n) is 3.02. The highest BCUT2D eigenvalue weighted by Gasteiger charge is 2.13. The van der Waals surface area contributed by atoms with Crippen LogP contribution in [0.15, 0.2) is 59.1 Å². The number of hydrogen-bond donors (Lipinski definition) is 1. The molecule has 0 unspecified atom stereocenters. The van der Waals surface area contributed by atoms with Crippen LogP contribution in [0.5, 0.6) is 0 Å². The average molecular weight is 297 g/mol. The summed E-state index contributed by atoms with van der Waals surface area (Å²) >= 11 is 0. The molecule has 0 fully saturated rings. The SMILES string of the molecule is O=C(NCc1nc(-c2ccccc2F)no1)c1ccccc1. The Balaban J connectivity index is 1.68. The number of halogens is 1. The quantitative estimate of drug-likeness (QED) is 0.804. The van der Waals surface area contributed by atoms with E-state index in [4.69, 9.17) is 4.52 Å². The summed E-state index contributed by atoms with van der Waals surface area (Å²) in [6, 6.07) is 14.9. The molecule has 1 aromatic heterocycles. The van der Waals surface area contributed by atoms with Crippen molar-refractivity contribution in [2.75, 3.05) is 0 Å². The first-order valence-corrected chi connectivity index (χ1v) is 6.65. The third kappa shape index (κ3) is 3.01. The molecule has 22 heavy (non-hydrogen) atoms. The topological polar surface area (TPSA) is 68.0 Å². The van der Waals surface area contributed by atoms with Crippen molar-refractivity contribution in [2.24, 2.45) is 0 Å². The Bertz CT molecular complexity index is 787. The van der Waals surface area contributed by atoms with Gasteiger partial charge in [-0.3, -0.25) is 4.79 Å². The van der Waals surface area contributed by atoms with Crippen LogP contribution in [0.1, 0.15) is 16.2 Å². The maximum absolute atomic E-state index is 13.6. The van der Waals surface area contributed by atoms with Gasteiger partial charge in [0.2, 0.25) is 11.7 Å². The Morgan fingerprint density at radius 2 is 1.82 bits per heavy atom. The number of carbonyl (C=O) groups is 1. The first-order chi connectivity index (χ1) is 10.7. The molecule has 0 saturated carbocycles. The van der Waals surface area contributed by atoms with Gasteiger partial charge in [-0.05, 0) is 24.3 Å². The average Bonchev–Trinajstić information content (AvgIpc) is 3.02. The van der Waals surface area contributed by atoms with E-state index >= 15 is 0 Å². The Morgan fingerprint density at radius 1 is 1.09 bits per heavy atom. The summed E-state index contributed by atoms with van der Waals surface area (Å²) in [7, 11) is 0. The van der Waals surface area contributed by atoms with Gasteiger partial charge < -0.3 is 9.84 Å².